The molecule has 0 radical (unpaired) electrons. The Labute approximate surface area is 93.2 Å². The van der Waals surface area contributed by atoms with E-state index in [0.29, 0.717) is 24.5 Å². The van der Waals surface area contributed by atoms with Crippen LogP contribution in [0.1, 0.15) is 46.0 Å². The molecule has 1 heterocycles. The maximum Gasteiger partial charge on any atom is 0.0638 e. The van der Waals surface area contributed by atoms with E-state index in [1.54, 1.807) is 0 Å². The number of rotatable bonds is 4. The van der Waals surface area contributed by atoms with Gasteiger partial charge in [-0.3, -0.25) is 4.90 Å². The van der Waals surface area contributed by atoms with Crippen molar-refractivity contribution in [2.45, 2.75) is 64.1 Å². The average Bonchev–Trinajstić information content (AvgIpc) is 2.26. The molecule has 1 aliphatic rings. The highest BCUT2D eigenvalue weighted by Crippen LogP contribution is 2.26. The van der Waals surface area contributed by atoms with Gasteiger partial charge in [0, 0.05) is 24.7 Å². The fourth-order valence-electron chi connectivity index (χ4n) is 2.77. The summed E-state index contributed by atoms with van der Waals surface area (Å²) in [6.07, 6.45) is 5.41. The normalized spacial score (nSPS) is 29.7. The van der Waals surface area contributed by atoms with Gasteiger partial charge >= 0.3 is 0 Å². The second-order valence-electron chi connectivity index (χ2n) is 4.54. The molecule has 0 spiro atoms. The number of nitrogens with zero attached hydrogens (tertiary/aromatic N) is 2. The predicted molar refractivity (Wildman–Crippen MR) is 62.3 cm³/mol. The summed E-state index contributed by atoms with van der Waals surface area (Å²) in [5, 5.41) is 8.84. The van der Waals surface area contributed by atoms with E-state index in [4.69, 9.17) is 11.0 Å². The lowest BCUT2D eigenvalue weighted by Crippen LogP contribution is -2.53. The van der Waals surface area contributed by atoms with Crippen LogP contribution in [0, 0.1) is 11.3 Å². The van der Waals surface area contributed by atoms with Crippen LogP contribution in [0.2, 0.25) is 0 Å². The molecule has 2 N–H and O–H groups in total. The SMILES string of the molecule is CCC(CC#N)N1C(C)CCCC1CN. The molecule has 0 aliphatic carbocycles. The van der Waals surface area contributed by atoms with Crippen LogP contribution in [-0.4, -0.2) is 29.6 Å². The number of hydrogen-bond donors (Lipinski definition) is 1. The molecule has 1 saturated heterocycles. The smallest absolute Gasteiger partial charge is 0.0638 e. The zero-order chi connectivity index (χ0) is 11.3. The van der Waals surface area contributed by atoms with Crippen molar-refractivity contribution in [3.05, 3.63) is 0 Å². The van der Waals surface area contributed by atoms with Crippen LogP contribution in [0.15, 0.2) is 0 Å². The van der Waals surface area contributed by atoms with Crippen molar-refractivity contribution in [2.75, 3.05) is 6.54 Å². The van der Waals surface area contributed by atoms with E-state index in [0.717, 1.165) is 13.0 Å². The monoisotopic (exact) mass is 209 g/mol. The van der Waals surface area contributed by atoms with E-state index in [9.17, 15) is 0 Å². The molecule has 0 aromatic heterocycles. The van der Waals surface area contributed by atoms with Gasteiger partial charge in [0.2, 0.25) is 0 Å². The molecule has 1 rings (SSSR count). The highest BCUT2D eigenvalue weighted by Gasteiger charge is 2.31. The van der Waals surface area contributed by atoms with E-state index in [1.165, 1.54) is 19.3 Å². The standard InChI is InChI=1S/C12H23N3/c1-3-11(7-8-13)15-10(2)5-4-6-12(15)9-14/h10-12H,3-7,9,14H2,1-2H3. The van der Waals surface area contributed by atoms with E-state index in [-0.39, 0.29) is 0 Å². The Bertz CT molecular complexity index is 221. The molecular weight excluding hydrogens is 186 g/mol. The van der Waals surface area contributed by atoms with Crippen molar-refractivity contribution in [3.63, 3.8) is 0 Å². The van der Waals surface area contributed by atoms with Gasteiger partial charge in [-0.05, 0) is 26.2 Å². The summed E-state index contributed by atoms with van der Waals surface area (Å²) in [7, 11) is 0. The van der Waals surface area contributed by atoms with Crippen LogP contribution in [0.25, 0.3) is 0 Å². The Hall–Kier alpha value is -0.590. The van der Waals surface area contributed by atoms with Gasteiger partial charge in [-0.15, -0.1) is 0 Å². The van der Waals surface area contributed by atoms with Gasteiger partial charge in [0.05, 0.1) is 12.5 Å². The lowest BCUT2D eigenvalue weighted by molar-refractivity contribution is 0.0498. The molecule has 15 heavy (non-hydrogen) atoms. The van der Waals surface area contributed by atoms with E-state index in [1.807, 2.05) is 0 Å². The van der Waals surface area contributed by atoms with Gasteiger partial charge in [-0.25, -0.2) is 0 Å². The van der Waals surface area contributed by atoms with Crippen molar-refractivity contribution >= 4 is 0 Å². The molecule has 0 saturated carbocycles. The summed E-state index contributed by atoms with van der Waals surface area (Å²) in [6.45, 7) is 5.16. The van der Waals surface area contributed by atoms with Crippen molar-refractivity contribution in [2.24, 2.45) is 5.73 Å². The van der Waals surface area contributed by atoms with Gasteiger partial charge < -0.3 is 5.73 Å². The van der Waals surface area contributed by atoms with Crippen LogP contribution >= 0.6 is 0 Å². The molecule has 0 aromatic rings. The summed E-state index contributed by atoms with van der Waals surface area (Å²) in [5.41, 5.74) is 5.82. The maximum atomic E-state index is 8.84. The largest absolute Gasteiger partial charge is 0.329 e. The van der Waals surface area contributed by atoms with Crippen molar-refractivity contribution in [1.82, 2.24) is 4.90 Å². The second-order valence-corrected chi connectivity index (χ2v) is 4.54. The summed E-state index contributed by atoms with van der Waals surface area (Å²) < 4.78 is 0. The fraction of sp³-hybridized carbons (Fsp3) is 0.917. The minimum atomic E-state index is 0.402. The van der Waals surface area contributed by atoms with E-state index in [2.05, 4.69) is 24.8 Å². The lowest BCUT2D eigenvalue weighted by atomic mass is 9.92. The van der Waals surface area contributed by atoms with Gasteiger partial charge in [0.15, 0.2) is 0 Å². The van der Waals surface area contributed by atoms with Crippen LogP contribution in [0.4, 0.5) is 0 Å². The lowest BCUT2D eigenvalue weighted by Gasteiger charge is -2.44. The van der Waals surface area contributed by atoms with Crippen LogP contribution < -0.4 is 5.73 Å². The third-order valence-electron chi connectivity index (χ3n) is 3.58. The molecular formula is C12H23N3. The number of nitriles is 1. The molecule has 3 unspecified atom stereocenters. The molecule has 0 aromatic carbocycles. The molecule has 86 valence electrons. The van der Waals surface area contributed by atoms with Crippen molar-refractivity contribution < 1.29 is 0 Å². The highest BCUT2D eigenvalue weighted by molar-refractivity contribution is 4.91. The summed E-state index contributed by atoms with van der Waals surface area (Å²) in [5.74, 6) is 0. The molecule has 1 fully saturated rings. The maximum absolute atomic E-state index is 8.84. The number of hydrogen-bond acceptors (Lipinski definition) is 3. The minimum Gasteiger partial charge on any atom is -0.329 e. The zero-order valence-electron chi connectivity index (χ0n) is 9.95. The number of likely N-dealkylation sites (tertiary alicyclic amines) is 1. The second kappa shape index (κ2) is 6.09. The Morgan fingerprint density at radius 1 is 1.53 bits per heavy atom. The number of piperidine rings is 1. The van der Waals surface area contributed by atoms with Gasteiger partial charge in [-0.2, -0.15) is 5.26 Å². The molecule has 0 bridgehead atoms. The Morgan fingerprint density at radius 3 is 2.80 bits per heavy atom. The van der Waals surface area contributed by atoms with E-state index < -0.39 is 0 Å². The van der Waals surface area contributed by atoms with Gasteiger partial charge in [0.25, 0.3) is 0 Å². The summed E-state index contributed by atoms with van der Waals surface area (Å²) in [4.78, 5) is 2.49. The first kappa shape index (κ1) is 12.5. The Morgan fingerprint density at radius 2 is 2.27 bits per heavy atom. The fourth-order valence-corrected chi connectivity index (χ4v) is 2.77. The van der Waals surface area contributed by atoms with Crippen molar-refractivity contribution in [3.8, 4) is 6.07 Å². The zero-order valence-corrected chi connectivity index (χ0v) is 9.95. The summed E-state index contributed by atoms with van der Waals surface area (Å²) in [6, 6.07) is 3.78. The molecule has 3 nitrogen and oxygen atoms in total. The molecule has 1 aliphatic heterocycles. The van der Waals surface area contributed by atoms with Crippen LogP contribution in [0.3, 0.4) is 0 Å². The van der Waals surface area contributed by atoms with E-state index >= 15 is 0 Å². The topological polar surface area (TPSA) is 53.0 Å². The first-order valence-electron chi connectivity index (χ1n) is 6.09. The molecule has 3 atom stereocenters. The average molecular weight is 209 g/mol. The third-order valence-corrected chi connectivity index (χ3v) is 3.58. The van der Waals surface area contributed by atoms with Crippen LogP contribution in [-0.2, 0) is 0 Å². The molecule has 0 amide bonds. The van der Waals surface area contributed by atoms with Gasteiger partial charge in [0.1, 0.15) is 0 Å². The predicted octanol–water partition coefficient (Wildman–Crippen LogP) is 1.88. The summed E-state index contributed by atoms with van der Waals surface area (Å²) >= 11 is 0. The minimum absolute atomic E-state index is 0.402. The Balaban J connectivity index is 2.71. The third kappa shape index (κ3) is 2.93. The first-order chi connectivity index (χ1) is 7.24. The number of nitrogens with two attached hydrogens (primary N) is 1. The Kier molecular flexibility index (Phi) is 5.07. The quantitative estimate of drug-likeness (QED) is 0.769. The molecule has 3 heteroatoms. The first-order valence-corrected chi connectivity index (χ1v) is 6.09. The van der Waals surface area contributed by atoms with Crippen LogP contribution in [0.5, 0.6) is 0 Å². The van der Waals surface area contributed by atoms with Crippen molar-refractivity contribution in [1.29, 1.82) is 5.26 Å². The highest BCUT2D eigenvalue weighted by atomic mass is 15.2. The van der Waals surface area contributed by atoms with Gasteiger partial charge in [-0.1, -0.05) is 13.3 Å².